The van der Waals surface area contributed by atoms with E-state index in [9.17, 15) is 0 Å². The molecule has 1 aromatic carbocycles. The third-order valence-corrected chi connectivity index (χ3v) is 2.47. The number of aromatic nitrogens is 1. The first-order chi connectivity index (χ1) is 7.42. The van der Waals surface area contributed by atoms with Crippen LogP contribution in [0.4, 0.5) is 0 Å². The van der Waals surface area contributed by atoms with Crippen molar-refractivity contribution >= 4 is 28.6 Å². The summed E-state index contributed by atoms with van der Waals surface area (Å²) in [6.45, 7) is 0. The number of benzene rings is 1. The van der Waals surface area contributed by atoms with E-state index in [1.807, 2.05) is 30.5 Å². The summed E-state index contributed by atoms with van der Waals surface area (Å²) < 4.78 is 0. The van der Waals surface area contributed by atoms with Crippen molar-refractivity contribution in [1.82, 2.24) is 4.98 Å². The topological polar surface area (TPSA) is 12.9 Å². The molecule has 0 N–H and O–H groups in total. The van der Waals surface area contributed by atoms with Crippen molar-refractivity contribution in [1.29, 1.82) is 0 Å². The summed E-state index contributed by atoms with van der Waals surface area (Å²) in [6.07, 6.45) is 6.93. The molecule has 1 nitrogen and oxygen atoms in total. The number of pyridine rings is 1. The van der Waals surface area contributed by atoms with Crippen LogP contribution in [0, 0.1) is 0 Å². The number of fused-ring (bicyclic) bond motifs is 1. The lowest BCUT2D eigenvalue weighted by atomic mass is 10.1. The van der Waals surface area contributed by atoms with Gasteiger partial charge in [0.1, 0.15) is 0 Å². The fourth-order valence-electron chi connectivity index (χ4n) is 1.54. The zero-order chi connectivity index (χ0) is 10.5. The van der Waals surface area contributed by atoms with Gasteiger partial charge in [0, 0.05) is 17.5 Å². The van der Waals surface area contributed by atoms with Crippen LogP contribution in [-0.2, 0) is 0 Å². The van der Waals surface area contributed by atoms with Gasteiger partial charge in [-0.1, -0.05) is 30.4 Å². The monoisotopic (exact) mass is 217 g/mol. The molecule has 76 valence electrons. The van der Waals surface area contributed by atoms with Crippen molar-refractivity contribution < 1.29 is 0 Å². The number of nitrogens with zero attached hydrogens (tertiary/aromatic N) is 1. The smallest absolute Gasteiger partial charge is 0.0707 e. The standard InChI is InChI=1S/C13H12ClN/c14-9-4-3-5-11-8-10-15-13-7-2-1-6-12(11)13/h1-3,5-8,10H,4,9H2. The van der Waals surface area contributed by atoms with Gasteiger partial charge in [0.15, 0.2) is 0 Å². The summed E-state index contributed by atoms with van der Waals surface area (Å²) in [5, 5.41) is 1.19. The molecular weight excluding hydrogens is 206 g/mol. The minimum atomic E-state index is 0.666. The highest BCUT2D eigenvalue weighted by Gasteiger charge is 1.96. The van der Waals surface area contributed by atoms with Crippen LogP contribution in [0.2, 0.25) is 0 Å². The Morgan fingerprint density at radius 3 is 2.93 bits per heavy atom. The Kier molecular flexibility index (Phi) is 3.36. The van der Waals surface area contributed by atoms with Crippen molar-refractivity contribution in [2.24, 2.45) is 0 Å². The van der Waals surface area contributed by atoms with Gasteiger partial charge >= 0.3 is 0 Å². The van der Waals surface area contributed by atoms with Gasteiger partial charge in [-0.15, -0.1) is 11.6 Å². The van der Waals surface area contributed by atoms with E-state index in [0.717, 1.165) is 11.9 Å². The Balaban J connectivity index is 2.42. The Labute approximate surface area is 94.4 Å². The van der Waals surface area contributed by atoms with Gasteiger partial charge in [0.05, 0.1) is 5.52 Å². The van der Waals surface area contributed by atoms with E-state index >= 15 is 0 Å². The van der Waals surface area contributed by atoms with Crippen LogP contribution in [0.15, 0.2) is 42.6 Å². The van der Waals surface area contributed by atoms with E-state index in [1.165, 1.54) is 10.9 Å². The molecule has 0 radical (unpaired) electrons. The van der Waals surface area contributed by atoms with Crippen molar-refractivity contribution in [2.75, 3.05) is 5.88 Å². The fraction of sp³-hybridized carbons (Fsp3) is 0.154. The quantitative estimate of drug-likeness (QED) is 0.712. The third-order valence-electron chi connectivity index (χ3n) is 2.26. The maximum atomic E-state index is 5.62. The van der Waals surface area contributed by atoms with Gasteiger partial charge in [0.25, 0.3) is 0 Å². The number of hydrogen-bond donors (Lipinski definition) is 0. The molecule has 1 heterocycles. The maximum absolute atomic E-state index is 5.62. The number of alkyl halides is 1. The second-order valence-corrected chi connectivity index (χ2v) is 3.68. The van der Waals surface area contributed by atoms with Gasteiger partial charge in [-0.25, -0.2) is 0 Å². The lowest BCUT2D eigenvalue weighted by molar-refractivity contribution is 1.24. The fourth-order valence-corrected chi connectivity index (χ4v) is 1.66. The Morgan fingerprint density at radius 2 is 2.07 bits per heavy atom. The summed E-state index contributed by atoms with van der Waals surface area (Å²) in [6, 6.07) is 10.2. The van der Waals surface area contributed by atoms with Crippen LogP contribution in [0.1, 0.15) is 12.0 Å². The maximum Gasteiger partial charge on any atom is 0.0707 e. The molecule has 0 saturated carbocycles. The lowest BCUT2D eigenvalue weighted by Gasteiger charge is -2.00. The molecule has 0 spiro atoms. The summed E-state index contributed by atoms with van der Waals surface area (Å²) in [5.74, 6) is 0.666. The molecule has 2 aromatic rings. The van der Waals surface area contributed by atoms with Crippen LogP contribution in [-0.4, -0.2) is 10.9 Å². The van der Waals surface area contributed by atoms with Crippen molar-refractivity contribution in [2.45, 2.75) is 6.42 Å². The number of halogens is 1. The van der Waals surface area contributed by atoms with Crippen molar-refractivity contribution in [3.63, 3.8) is 0 Å². The molecule has 0 aliphatic rings. The zero-order valence-corrected chi connectivity index (χ0v) is 9.11. The van der Waals surface area contributed by atoms with Crippen LogP contribution in [0.5, 0.6) is 0 Å². The van der Waals surface area contributed by atoms with E-state index in [2.05, 4.69) is 23.2 Å². The Hall–Kier alpha value is -1.34. The molecule has 2 rings (SSSR count). The Morgan fingerprint density at radius 1 is 1.20 bits per heavy atom. The summed E-state index contributed by atoms with van der Waals surface area (Å²) in [5.41, 5.74) is 2.23. The number of allylic oxidation sites excluding steroid dienone is 1. The molecule has 0 unspecified atom stereocenters. The summed E-state index contributed by atoms with van der Waals surface area (Å²) in [4.78, 5) is 4.31. The highest BCUT2D eigenvalue weighted by molar-refractivity contribution is 6.17. The van der Waals surface area contributed by atoms with Gasteiger partial charge in [-0.2, -0.15) is 0 Å². The molecule has 0 bridgehead atoms. The molecule has 0 fully saturated rings. The number of para-hydroxylation sites is 1. The minimum Gasteiger partial charge on any atom is -0.256 e. The third kappa shape index (κ3) is 2.37. The average Bonchev–Trinajstić information content (AvgIpc) is 2.30. The second-order valence-electron chi connectivity index (χ2n) is 3.30. The van der Waals surface area contributed by atoms with Gasteiger partial charge in [-0.3, -0.25) is 4.98 Å². The number of rotatable bonds is 3. The van der Waals surface area contributed by atoms with E-state index in [1.54, 1.807) is 0 Å². The average molecular weight is 218 g/mol. The van der Waals surface area contributed by atoms with Crippen molar-refractivity contribution in [3.8, 4) is 0 Å². The largest absolute Gasteiger partial charge is 0.256 e. The molecule has 0 aliphatic heterocycles. The van der Waals surface area contributed by atoms with Crippen LogP contribution in [0.25, 0.3) is 17.0 Å². The van der Waals surface area contributed by atoms with Gasteiger partial charge in [-0.05, 0) is 24.1 Å². The Bertz CT molecular complexity index is 471. The molecule has 0 saturated heterocycles. The zero-order valence-electron chi connectivity index (χ0n) is 8.36. The first-order valence-electron chi connectivity index (χ1n) is 4.98. The van der Waals surface area contributed by atoms with Crippen molar-refractivity contribution in [3.05, 3.63) is 48.2 Å². The predicted octanol–water partition coefficient (Wildman–Crippen LogP) is 3.88. The van der Waals surface area contributed by atoms with Crippen LogP contribution < -0.4 is 0 Å². The first kappa shape index (κ1) is 10.2. The molecule has 0 aliphatic carbocycles. The summed E-state index contributed by atoms with van der Waals surface area (Å²) in [7, 11) is 0. The van der Waals surface area contributed by atoms with Gasteiger partial charge < -0.3 is 0 Å². The first-order valence-corrected chi connectivity index (χ1v) is 5.51. The van der Waals surface area contributed by atoms with E-state index < -0.39 is 0 Å². The predicted molar refractivity (Wildman–Crippen MR) is 66.1 cm³/mol. The SMILES string of the molecule is ClCCC=Cc1ccnc2ccccc12. The van der Waals surface area contributed by atoms with Crippen LogP contribution in [0.3, 0.4) is 0 Å². The highest BCUT2D eigenvalue weighted by Crippen LogP contribution is 2.17. The molecule has 2 heteroatoms. The number of hydrogen-bond acceptors (Lipinski definition) is 1. The summed E-state index contributed by atoms with van der Waals surface area (Å²) >= 11 is 5.62. The van der Waals surface area contributed by atoms with E-state index in [-0.39, 0.29) is 0 Å². The van der Waals surface area contributed by atoms with E-state index in [0.29, 0.717) is 5.88 Å². The van der Waals surface area contributed by atoms with E-state index in [4.69, 9.17) is 11.6 Å². The minimum absolute atomic E-state index is 0.666. The molecule has 0 atom stereocenters. The van der Waals surface area contributed by atoms with Gasteiger partial charge in [0.2, 0.25) is 0 Å². The molecular formula is C13H12ClN. The normalized spacial score (nSPS) is 11.3. The molecule has 1 aromatic heterocycles. The lowest BCUT2D eigenvalue weighted by Crippen LogP contribution is -1.81. The molecule has 15 heavy (non-hydrogen) atoms. The second kappa shape index (κ2) is 4.94. The molecule has 0 amide bonds. The van der Waals surface area contributed by atoms with Crippen LogP contribution >= 0.6 is 11.6 Å². The highest BCUT2D eigenvalue weighted by atomic mass is 35.5.